The number of imidazole rings is 1. The molecule has 5 heteroatoms. The predicted molar refractivity (Wildman–Crippen MR) is 90.2 cm³/mol. The van der Waals surface area contributed by atoms with Gasteiger partial charge >= 0.3 is 0 Å². The fourth-order valence-corrected chi connectivity index (χ4v) is 2.45. The summed E-state index contributed by atoms with van der Waals surface area (Å²) in [4.78, 5) is 20.5. The van der Waals surface area contributed by atoms with Crippen LogP contribution in [0.1, 0.15) is 25.8 Å². The largest absolute Gasteiger partial charge is 0.352 e. The molecule has 2 aromatic heterocycles. The summed E-state index contributed by atoms with van der Waals surface area (Å²) >= 11 is 0. The maximum Gasteiger partial charge on any atom is 0.220 e. The first kappa shape index (κ1) is 15.2. The number of pyridine rings is 1. The number of amides is 1. The fraction of sp³-hybridized carbons (Fsp3) is 0.278. The van der Waals surface area contributed by atoms with E-state index in [4.69, 9.17) is 0 Å². The normalized spacial score (nSPS) is 11.1. The molecule has 0 unspecified atom stereocenters. The van der Waals surface area contributed by atoms with Crippen LogP contribution in [0.2, 0.25) is 0 Å². The number of nitrogens with zero attached hydrogens (tertiary/aromatic N) is 3. The number of rotatable bonds is 5. The molecular formula is C18H20N4O. The first-order valence-electron chi connectivity index (χ1n) is 7.77. The highest BCUT2D eigenvalue weighted by Gasteiger charge is 2.06. The lowest BCUT2D eigenvalue weighted by molar-refractivity contribution is -0.121. The van der Waals surface area contributed by atoms with Crippen molar-refractivity contribution in [1.82, 2.24) is 19.9 Å². The van der Waals surface area contributed by atoms with Crippen molar-refractivity contribution in [3.05, 3.63) is 54.5 Å². The third-order valence-corrected chi connectivity index (χ3v) is 3.59. The molecule has 23 heavy (non-hydrogen) atoms. The minimum absolute atomic E-state index is 0.0738. The molecule has 5 nitrogen and oxygen atoms in total. The molecule has 0 fully saturated rings. The highest BCUT2D eigenvalue weighted by Crippen LogP contribution is 2.16. The van der Waals surface area contributed by atoms with E-state index in [2.05, 4.69) is 15.3 Å². The Morgan fingerprint density at radius 2 is 2.00 bits per heavy atom. The van der Waals surface area contributed by atoms with E-state index in [1.165, 1.54) is 0 Å². The van der Waals surface area contributed by atoms with Gasteiger partial charge in [0.2, 0.25) is 5.91 Å². The van der Waals surface area contributed by atoms with Crippen LogP contribution in [0.15, 0.2) is 48.9 Å². The lowest BCUT2D eigenvalue weighted by atomic mass is 10.1. The van der Waals surface area contributed by atoms with Gasteiger partial charge in [-0.3, -0.25) is 9.36 Å². The van der Waals surface area contributed by atoms with E-state index < -0.39 is 0 Å². The fourth-order valence-electron chi connectivity index (χ4n) is 2.45. The Kier molecular flexibility index (Phi) is 4.37. The van der Waals surface area contributed by atoms with Crippen molar-refractivity contribution in [2.75, 3.05) is 0 Å². The summed E-state index contributed by atoms with van der Waals surface area (Å²) in [6.45, 7) is 4.57. The molecule has 1 amide bonds. The molecule has 0 aliphatic carbocycles. The molecule has 1 N–H and O–H groups in total. The minimum Gasteiger partial charge on any atom is -0.352 e. The van der Waals surface area contributed by atoms with Gasteiger partial charge in [0, 0.05) is 19.2 Å². The van der Waals surface area contributed by atoms with Crippen molar-refractivity contribution in [2.24, 2.45) is 5.92 Å². The van der Waals surface area contributed by atoms with Crippen LogP contribution in [0.5, 0.6) is 0 Å². The van der Waals surface area contributed by atoms with Gasteiger partial charge in [0.05, 0.1) is 11.0 Å². The van der Waals surface area contributed by atoms with Crippen LogP contribution >= 0.6 is 0 Å². The molecule has 0 saturated carbocycles. The Balaban J connectivity index is 1.71. The van der Waals surface area contributed by atoms with E-state index in [9.17, 15) is 4.79 Å². The smallest absolute Gasteiger partial charge is 0.220 e. The Morgan fingerprint density at radius 1 is 1.17 bits per heavy atom. The summed E-state index contributed by atoms with van der Waals surface area (Å²) in [6.07, 6.45) is 4.11. The van der Waals surface area contributed by atoms with Gasteiger partial charge in [-0.1, -0.05) is 32.0 Å². The molecule has 0 saturated heterocycles. The molecule has 3 aromatic rings. The van der Waals surface area contributed by atoms with Gasteiger partial charge in [-0.2, -0.15) is 0 Å². The molecule has 0 radical (unpaired) electrons. The number of aromatic nitrogens is 3. The standard InChI is InChI=1S/C18H20N4O/c1-13(2)9-18(23)20-11-14-7-8-17(19-10-14)22-12-21-15-5-3-4-6-16(15)22/h3-8,10,12-13H,9,11H2,1-2H3,(H,20,23). The summed E-state index contributed by atoms with van der Waals surface area (Å²) in [6, 6.07) is 11.9. The van der Waals surface area contributed by atoms with Gasteiger partial charge in [-0.05, 0) is 29.7 Å². The number of benzene rings is 1. The van der Waals surface area contributed by atoms with Crippen molar-refractivity contribution in [3.63, 3.8) is 0 Å². The summed E-state index contributed by atoms with van der Waals surface area (Å²) in [5.41, 5.74) is 2.95. The van der Waals surface area contributed by atoms with E-state index in [0.29, 0.717) is 18.9 Å². The van der Waals surface area contributed by atoms with Crippen molar-refractivity contribution in [3.8, 4) is 5.82 Å². The number of fused-ring (bicyclic) bond motifs is 1. The number of carbonyl (C=O) groups is 1. The molecule has 0 aliphatic heterocycles. The van der Waals surface area contributed by atoms with Crippen LogP contribution in [0.3, 0.4) is 0 Å². The summed E-state index contributed by atoms with van der Waals surface area (Å²) in [5, 5.41) is 2.92. The molecule has 0 atom stereocenters. The van der Waals surface area contributed by atoms with Crippen LogP contribution in [-0.2, 0) is 11.3 Å². The highest BCUT2D eigenvalue weighted by atomic mass is 16.1. The van der Waals surface area contributed by atoms with E-state index in [-0.39, 0.29) is 5.91 Å². The summed E-state index contributed by atoms with van der Waals surface area (Å²) in [5.74, 6) is 1.26. The second kappa shape index (κ2) is 6.60. The van der Waals surface area contributed by atoms with Crippen LogP contribution < -0.4 is 5.32 Å². The highest BCUT2D eigenvalue weighted by molar-refractivity contribution is 5.77. The molecule has 0 spiro atoms. The van der Waals surface area contributed by atoms with Crippen LogP contribution in [0, 0.1) is 5.92 Å². The van der Waals surface area contributed by atoms with E-state index in [0.717, 1.165) is 22.4 Å². The van der Waals surface area contributed by atoms with Gasteiger partial charge in [0.15, 0.2) is 0 Å². The van der Waals surface area contributed by atoms with Crippen LogP contribution in [0.25, 0.3) is 16.9 Å². The topological polar surface area (TPSA) is 59.8 Å². The molecule has 1 aromatic carbocycles. The summed E-state index contributed by atoms with van der Waals surface area (Å²) in [7, 11) is 0. The first-order valence-corrected chi connectivity index (χ1v) is 7.77. The SMILES string of the molecule is CC(C)CC(=O)NCc1ccc(-n2cnc3ccccc32)nc1. The average molecular weight is 308 g/mol. The average Bonchev–Trinajstić information content (AvgIpc) is 2.97. The zero-order chi connectivity index (χ0) is 16.2. The van der Waals surface area contributed by atoms with Gasteiger partial charge in [0.1, 0.15) is 12.1 Å². The molecular weight excluding hydrogens is 288 g/mol. The summed E-state index contributed by atoms with van der Waals surface area (Å²) < 4.78 is 1.95. The van der Waals surface area contributed by atoms with Gasteiger partial charge in [-0.25, -0.2) is 9.97 Å². The second-order valence-corrected chi connectivity index (χ2v) is 6.00. The number of carbonyl (C=O) groups excluding carboxylic acids is 1. The minimum atomic E-state index is 0.0738. The first-order chi connectivity index (χ1) is 11.1. The zero-order valence-electron chi connectivity index (χ0n) is 13.4. The molecule has 2 heterocycles. The van der Waals surface area contributed by atoms with Crippen molar-refractivity contribution in [1.29, 1.82) is 0 Å². The van der Waals surface area contributed by atoms with E-state index in [1.807, 2.05) is 54.8 Å². The number of nitrogens with one attached hydrogen (secondary N) is 1. The van der Waals surface area contributed by atoms with Crippen LogP contribution in [0.4, 0.5) is 0 Å². The molecule has 0 bridgehead atoms. The van der Waals surface area contributed by atoms with Gasteiger partial charge < -0.3 is 5.32 Å². The maximum absolute atomic E-state index is 11.7. The lowest BCUT2D eigenvalue weighted by Crippen LogP contribution is -2.23. The molecule has 118 valence electrons. The lowest BCUT2D eigenvalue weighted by Gasteiger charge is -2.08. The Hall–Kier alpha value is -2.69. The van der Waals surface area contributed by atoms with Crippen molar-refractivity contribution in [2.45, 2.75) is 26.8 Å². The quantitative estimate of drug-likeness (QED) is 0.788. The number of para-hydroxylation sites is 2. The Bertz CT molecular complexity index is 805. The second-order valence-electron chi connectivity index (χ2n) is 6.00. The predicted octanol–water partition coefficient (Wildman–Crippen LogP) is 3.08. The Labute approximate surface area is 135 Å². The van der Waals surface area contributed by atoms with Crippen molar-refractivity contribution >= 4 is 16.9 Å². The molecule has 3 rings (SSSR count). The van der Waals surface area contributed by atoms with E-state index >= 15 is 0 Å². The van der Waals surface area contributed by atoms with Gasteiger partial charge in [0.25, 0.3) is 0 Å². The van der Waals surface area contributed by atoms with Gasteiger partial charge in [-0.15, -0.1) is 0 Å². The Morgan fingerprint density at radius 3 is 2.74 bits per heavy atom. The number of hydrogen-bond acceptors (Lipinski definition) is 3. The third-order valence-electron chi connectivity index (χ3n) is 3.59. The third kappa shape index (κ3) is 3.56. The maximum atomic E-state index is 11.7. The van der Waals surface area contributed by atoms with Crippen molar-refractivity contribution < 1.29 is 4.79 Å². The molecule has 0 aliphatic rings. The van der Waals surface area contributed by atoms with Crippen LogP contribution in [-0.4, -0.2) is 20.4 Å². The number of hydrogen-bond donors (Lipinski definition) is 1. The monoisotopic (exact) mass is 308 g/mol. The zero-order valence-corrected chi connectivity index (χ0v) is 13.4. The van der Waals surface area contributed by atoms with E-state index in [1.54, 1.807) is 12.5 Å².